The molecule has 19 heavy (non-hydrogen) atoms. The molecule has 1 heterocycles. The predicted octanol–water partition coefficient (Wildman–Crippen LogP) is 3.21. The molecule has 1 aromatic rings. The molecule has 0 saturated carbocycles. The molecule has 0 aliphatic carbocycles. The highest BCUT2D eigenvalue weighted by molar-refractivity contribution is 5.14. The van der Waals surface area contributed by atoms with Crippen LogP contribution in [0.15, 0.2) is 43.0 Å². The van der Waals surface area contributed by atoms with E-state index in [2.05, 4.69) is 54.1 Å². The van der Waals surface area contributed by atoms with Crippen molar-refractivity contribution in [3.05, 3.63) is 48.6 Å². The second-order valence-electron chi connectivity index (χ2n) is 5.64. The third kappa shape index (κ3) is 4.81. The van der Waals surface area contributed by atoms with Crippen molar-refractivity contribution in [1.82, 2.24) is 10.2 Å². The summed E-state index contributed by atoms with van der Waals surface area (Å²) in [6, 6.07) is 12.0. The summed E-state index contributed by atoms with van der Waals surface area (Å²) in [5.41, 5.74) is 1.42. The summed E-state index contributed by atoms with van der Waals surface area (Å²) >= 11 is 0. The smallest absolute Gasteiger partial charge is 0.0234 e. The van der Waals surface area contributed by atoms with Gasteiger partial charge in [0.05, 0.1) is 0 Å². The Balaban J connectivity index is 1.72. The number of allylic oxidation sites excluding steroid dienone is 1. The van der Waals surface area contributed by atoms with Gasteiger partial charge in [-0.1, -0.05) is 36.4 Å². The van der Waals surface area contributed by atoms with Gasteiger partial charge in [0.25, 0.3) is 0 Å². The number of nitrogens with zero attached hydrogens (tertiary/aromatic N) is 1. The Morgan fingerprint density at radius 1 is 1.42 bits per heavy atom. The average molecular weight is 258 g/mol. The summed E-state index contributed by atoms with van der Waals surface area (Å²) in [7, 11) is 0. The summed E-state index contributed by atoms with van der Waals surface area (Å²) < 4.78 is 0. The van der Waals surface area contributed by atoms with Crippen molar-refractivity contribution in [1.29, 1.82) is 0 Å². The monoisotopic (exact) mass is 258 g/mol. The van der Waals surface area contributed by atoms with Gasteiger partial charge in [-0.3, -0.25) is 4.90 Å². The van der Waals surface area contributed by atoms with Crippen LogP contribution in [-0.4, -0.2) is 30.1 Å². The zero-order chi connectivity index (χ0) is 13.5. The first-order chi connectivity index (χ1) is 9.28. The molecule has 0 radical (unpaired) electrons. The van der Waals surface area contributed by atoms with Crippen molar-refractivity contribution in [2.24, 2.45) is 0 Å². The van der Waals surface area contributed by atoms with Crippen molar-refractivity contribution in [3.63, 3.8) is 0 Å². The maximum Gasteiger partial charge on any atom is 0.0234 e. The van der Waals surface area contributed by atoms with Crippen LogP contribution in [-0.2, 0) is 6.54 Å². The van der Waals surface area contributed by atoms with E-state index in [4.69, 9.17) is 0 Å². The van der Waals surface area contributed by atoms with Crippen molar-refractivity contribution in [3.8, 4) is 0 Å². The number of benzene rings is 1. The maximum absolute atomic E-state index is 3.79. The van der Waals surface area contributed by atoms with Crippen LogP contribution in [0.3, 0.4) is 0 Å². The summed E-state index contributed by atoms with van der Waals surface area (Å²) in [4.78, 5) is 2.55. The highest BCUT2D eigenvalue weighted by Gasteiger charge is 2.23. The molecule has 1 aliphatic heterocycles. The van der Waals surface area contributed by atoms with E-state index in [1.807, 2.05) is 6.08 Å². The Kier molecular flexibility index (Phi) is 5.62. The molecule has 0 spiro atoms. The molecule has 2 rings (SSSR count). The van der Waals surface area contributed by atoms with Gasteiger partial charge >= 0.3 is 0 Å². The Morgan fingerprint density at radius 2 is 2.21 bits per heavy atom. The SMILES string of the molecule is C=CCCC(C)NC1CCN(Cc2ccccc2)C1. The largest absolute Gasteiger partial charge is 0.310 e. The lowest BCUT2D eigenvalue weighted by atomic mass is 10.1. The van der Waals surface area contributed by atoms with Gasteiger partial charge < -0.3 is 5.32 Å². The minimum atomic E-state index is 0.597. The molecular weight excluding hydrogens is 232 g/mol. The van der Waals surface area contributed by atoms with Crippen LogP contribution in [0.1, 0.15) is 31.7 Å². The quantitative estimate of drug-likeness (QED) is 0.756. The number of hydrogen-bond donors (Lipinski definition) is 1. The van der Waals surface area contributed by atoms with E-state index >= 15 is 0 Å². The number of nitrogens with one attached hydrogen (secondary N) is 1. The standard InChI is InChI=1S/C17H26N2/c1-3-4-8-15(2)18-17-11-12-19(14-17)13-16-9-6-5-7-10-16/h3,5-7,9-10,15,17-18H,1,4,8,11-14H2,2H3. The normalized spacial score (nSPS) is 21.4. The minimum absolute atomic E-state index is 0.597. The molecule has 0 aromatic heterocycles. The second kappa shape index (κ2) is 7.46. The third-order valence-electron chi connectivity index (χ3n) is 3.85. The predicted molar refractivity (Wildman–Crippen MR) is 82.2 cm³/mol. The van der Waals surface area contributed by atoms with Crippen molar-refractivity contribution >= 4 is 0 Å². The first-order valence-electron chi connectivity index (χ1n) is 7.41. The van der Waals surface area contributed by atoms with Crippen LogP contribution >= 0.6 is 0 Å². The van der Waals surface area contributed by atoms with Gasteiger partial charge in [-0.25, -0.2) is 0 Å². The van der Waals surface area contributed by atoms with E-state index in [-0.39, 0.29) is 0 Å². The van der Waals surface area contributed by atoms with Crippen molar-refractivity contribution in [2.75, 3.05) is 13.1 Å². The van der Waals surface area contributed by atoms with E-state index in [1.165, 1.54) is 31.5 Å². The molecule has 2 heteroatoms. The van der Waals surface area contributed by atoms with E-state index in [0.29, 0.717) is 12.1 Å². The molecular formula is C17H26N2. The van der Waals surface area contributed by atoms with Gasteiger partial charge in [0.15, 0.2) is 0 Å². The molecule has 1 aromatic carbocycles. The molecule has 0 bridgehead atoms. The fourth-order valence-corrected chi connectivity index (χ4v) is 2.81. The molecule has 1 saturated heterocycles. The number of hydrogen-bond acceptors (Lipinski definition) is 2. The fraction of sp³-hybridized carbons (Fsp3) is 0.529. The first kappa shape index (κ1) is 14.3. The highest BCUT2D eigenvalue weighted by Crippen LogP contribution is 2.14. The molecule has 2 unspecified atom stereocenters. The lowest BCUT2D eigenvalue weighted by molar-refractivity contribution is 0.314. The Morgan fingerprint density at radius 3 is 2.95 bits per heavy atom. The van der Waals surface area contributed by atoms with Crippen LogP contribution in [0.4, 0.5) is 0 Å². The summed E-state index contributed by atoms with van der Waals surface area (Å²) in [6.07, 6.45) is 5.58. The second-order valence-corrected chi connectivity index (χ2v) is 5.64. The molecule has 0 amide bonds. The van der Waals surface area contributed by atoms with Crippen LogP contribution < -0.4 is 5.32 Å². The van der Waals surface area contributed by atoms with E-state index < -0.39 is 0 Å². The first-order valence-corrected chi connectivity index (χ1v) is 7.41. The Hall–Kier alpha value is -1.12. The summed E-state index contributed by atoms with van der Waals surface area (Å²) in [6.45, 7) is 9.53. The Labute approximate surface area is 117 Å². The van der Waals surface area contributed by atoms with Crippen LogP contribution in [0.5, 0.6) is 0 Å². The van der Waals surface area contributed by atoms with Gasteiger partial charge in [0.2, 0.25) is 0 Å². The van der Waals surface area contributed by atoms with Gasteiger partial charge in [-0.2, -0.15) is 0 Å². The van der Waals surface area contributed by atoms with Crippen molar-refractivity contribution in [2.45, 2.75) is 44.8 Å². The molecule has 2 atom stereocenters. The Bertz CT molecular complexity index is 374. The maximum atomic E-state index is 3.79. The molecule has 104 valence electrons. The van der Waals surface area contributed by atoms with Crippen LogP contribution in [0.2, 0.25) is 0 Å². The molecule has 1 N–H and O–H groups in total. The average Bonchev–Trinajstić information content (AvgIpc) is 2.85. The highest BCUT2D eigenvalue weighted by atomic mass is 15.2. The van der Waals surface area contributed by atoms with Gasteiger partial charge in [0, 0.05) is 31.7 Å². The third-order valence-corrected chi connectivity index (χ3v) is 3.85. The van der Waals surface area contributed by atoms with E-state index in [1.54, 1.807) is 0 Å². The topological polar surface area (TPSA) is 15.3 Å². The van der Waals surface area contributed by atoms with Gasteiger partial charge in [0.1, 0.15) is 0 Å². The fourth-order valence-electron chi connectivity index (χ4n) is 2.81. The minimum Gasteiger partial charge on any atom is -0.310 e. The van der Waals surface area contributed by atoms with E-state index in [0.717, 1.165) is 13.0 Å². The van der Waals surface area contributed by atoms with Gasteiger partial charge in [-0.05, 0) is 31.7 Å². The lowest BCUT2D eigenvalue weighted by Gasteiger charge is -2.20. The summed E-state index contributed by atoms with van der Waals surface area (Å²) in [5.74, 6) is 0. The number of rotatable bonds is 7. The molecule has 2 nitrogen and oxygen atoms in total. The zero-order valence-corrected chi connectivity index (χ0v) is 12.0. The van der Waals surface area contributed by atoms with Crippen molar-refractivity contribution < 1.29 is 0 Å². The molecule has 1 aliphatic rings. The van der Waals surface area contributed by atoms with Crippen LogP contribution in [0.25, 0.3) is 0 Å². The van der Waals surface area contributed by atoms with Gasteiger partial charge in [-0.15, -0.1) is 6.58 Å². The zero-order valence-electron chi connectivity index (χ0n) is 12.0. The summed E-state index contributed by atoms with van der Waals surface area (Å²) in [5, 5.41) is 3.74. The van der Waals surface area contributed by atoms with E-state index in [9.17, 15) is 0 Å². The van der Waals surface area contributed by atoms with Crippen LogP contribution in [0, 0.1) is 0 Å². The molecule has 1 fully saturated rings. The number of likely N-dealkylation sites (tertiary alicyclic amines) is 1. The lowest BCUT2D eigenvalue weighted by Crippen LogP contribution is -2.38.